The van der Waals surface area contributed by atoms with E-state index in [4.69, 9.17) is 4.74 Å². The molecule has 1 unspecified atom stereocenters. The normalized spacial score (nSPS) is 12.4. The van der Waals surface area contributed by atoms with E-state index >= 15 is 0 Å². The molecule has 1 atom stereocenters. The number of hydrogen-bond donors (Lipinski definition) is 1. The molecule has 1 N–H and O–H groups in total. The number of benzene rings is 2. The lowest BCUT2D eigenvalue weighted by atomic mass is 9.96. The van der Waals surface area contributed by atoms with Gasteiger partial charge >= 0.3 is 0 Å². The van der Waals surface area contributed by atoms with E-state index in [0.717, 1.165) is 11.6 Å². The number of halogens is 2. The number of aliphatic hydroxyl groups excluding tert-OH is 1. The Morgan fingerprint density at radius 3 is 2.47 bits per heavy atom. The van der Waals surface area contributed by atoms with Crippen molar-refractivity contribution >= 4 is 0 Å². The third-order valence-corrected chi connectivity index (χ3v) is 2.93. The van der Waals surface area contributed by atoms with Crippen LogP contribution in [0, 0.1) is 11.6 Å². The van der Waals surface area contributed by atoms with Crippen molar-refractivity contribution in [3.05, 3.63) is 70.8 Å². The van der Waals surface area contributed by atoms with Crippen molar-refractivity contribution < 1.29 is 18.6 Å². The van der Waals surface area contributed by atoms with E-state index in [1.165, 1.54) is 19.2 Å². The van der Waals surface area contributed by atoms with Gasteiger partial charge in [0.1, 0.15) is 6.10 Å². The molecule has 2 aromatic rings. The van der Waals surface area contributed by atoms with Crippen molar-refractivity contribution in [2.24, 2.45) is 0 Å². The van der Waals surface area contributed by atoms with Crippen LogP contribution in [0.15, 0.2) is 42.5 Å². The fraction of sp³-hybridized carbons (Fsp3) is 0.200. The van der Waals surface area contributed by atoms with Gasteiger partial charge in [-0.25, -0.2) is 8.78 Å². The molecule has 0 spiro atoms. The van der Waals surface area contributed by atoms with Gasteiger partial charge in [-0.1, -0.05) is 36.4 Å². The lowest BCUT2D eigenvalue weighted by Crippen LogP contribution is -2.07. The topological polar surface area (TPSA) is 29.5 Å². The smallest absolute Gasteiger partial charge is 0.164 e. The molecule has 0 fully saturated rings. The predicted molar refractivity (Wildman–Crippen MR) is 67.6 cm³/mol. The number of methoxy groups -OCH3 is 1. The van der Waals surface area contributed by atoms with E-state index in [1.807, 2.05) is 0 Å². The fourth-order valence-electron chi connectivity index (χ4n) is 1.99. The Hall–Kier alpha value is -1.78. The standard InChI is InChI=1S/C15H14F2O2/c1-19-9-10-5-2-3-6-11(10)15(18)12-7-4-8-13(16)14(12)17/h2-8,15,18H,9H2,1H3. The molecule has 0 saturated heterocycles. The first-order valence-corrected chi connectivity index (χ1v) is 5.84. The molecule has 0 aliphatic rings. The second-order valence-electron chi connectivity index (χ2n) is 4.18. The molecule has 0 bridgehead atoms. The van der Waals surface area contributed by atoms with Gasteiger partial charge in [0.25, 0.3) is 0 Å². The highest BCUT2D eigenvalue weighted by atomic mass is 19.2. The van der Waals surface area contributed by atoms with Crippen molar-refractivity contribution in [1.82, 2.24) is 0 Å². The maximum absolute atomic E-state index is 13.7. The second-order valence-corrected chi connectivity index (χ2v) is 4.18. The highest BCUT2D eigenvalue weighted by Gasteiger charge is 2.19. The summed E-state index contributed by atoms with van der Waals surface area (Å²) in [5.74, 6) is -2.00. The molecule has 0 aliphatic carbocycles. The van der Waals surface area contributed by atoms with E-state index in [1.54, 1.807) is 24.3 Å². The summed E-state index contributed by atoms with van der Waals surface area (Å²) >= 11 is 0. The van der Waals surface area contributed by atoms with Crippen LogP contribution in [-0.4, -0.2) is 12.2 Å². The number of aliphatic hydroxyl groups is 1. The predicted octanol–water partition coefficient (Wildman–Crippen LogP) is 3.19. The third-order valence-electron chi connectivity index (χ3n) is 2.93. The zero-order valence-corrected chi connectivity index (χ0v) is 10.4. The molecule has 0 saturated carbocycles. The number of ether oxygens (including phenoxy) is 1. The molecule has 2 aromatic carbocycles. The first-order valence-electron chi connectivity index (χ1n) is 5.84. The molecule has 2 rings (SSSR count). The van der Waals surface area contributed by atoms with E-state index in [0.29, 0.717) is 12.2 Å². The minimum atomic E-state index is -1.22. The third kappa shape index (κ3) is 2.80. The average Bonchev–Trinajstić information content (AvgIpc) is 2.42. The van der Waals surface area contributed by atoms with Gasteiger partial charge in [0.15, 0.2) is 11.6 Å². The summed E-state index contributed by atoms with van der Waals surface area (Å²) in [5.41, 5.74) is 1.17. The SMILES string of the molecule is COCc1ccccc1C(O)c1cccc(F)c1F. The molecule has 0 heterocycles. The van der Waals surface area contributed by atoms with Crippen LogP contribution >= 0.6 is 0 Å². The monoisotopic (exact) mass is 264 g/mol. The van der Waals surface area contributed by atoms with Crippen molar-refractivity contribution in [1.29, 1.82) is 0 Å². The van der Waals surface area contributed by atoms with Gasteiger partial charge in [0.2, 0.25) is 0 Å². The Morgan fingerprint density at radius 2 is 1.74 bits per heavy atom. The summed E-state index contributed by atoms with van der Waals surface area (Å²) in [6.45, 7) is 0.296. The van der Waals surface area contributed by atoms with Crippen LogP contribution in [0.25, 0.3) is 0 Å². The maximum atomic E-state index is 13.7. The highest BCUT2D eigenvalue weighted by molar-refractivity contribution is 5.36. The van der Waals surface area contributed by atoms with Crippen LogP contribution < -0.4 is 0 Å². The molecule has 0 amide bonds. The van der Waals surface area contributed by atoms with Gasteiger partial charge in [-0.2, -0.15) is 0 Å². The molecule has 100 valence electrons. The van der Waals surface area contributed by atoms with Gasteiger partial charge in [0.05, 0.1) is 6.61 Å². The zero-order valence-electron chi connectivity index (χ0n) is 10.4. The average molecular weight is 264 g/mol. The lowest BCUT2D eigenvalue weighted by molar-refractivity contribution is 0.175. The first-order chi connectivity index (χ1) is 9.15. The summed E-state index contributed by atoms with van der Waals surface area (Å²) < 4.78 is 31.9. The van der Waals surface area contributed by atoms with Gasteiger partial charge in [-0.15, -0.1) is 0 Å². The first kappa shape index (κ1) is 13.6. The Bertz CT molecular complexity index is 570. The van der Waals surface area contributed by atoms with E-state index in [-0.39, 0.29) is 5.56 Å². The maximum Gasteiger partial charge on any atom is 0.164 e. The lowest BCUT2D eigenvalue weighted by Gasteiger charge is -2.16. The molecule has 0 aliphatic heterocycles. The van der Waals surface area contributed by atoms with Crippen LogP contribution in [0.5, 0.6) is 0 Å². The summed E-state index contributed by atoms with van der Waals surface area (Å²) in [4.78, 5) is 0. The molecule has 0 aromatic heterocycles. The van der Waals surface area contributed by atoms with Crippen molar-refractivity contribution in [2.45, 2.75) is 12.7 Å². The summed E-state index contributed by atoms with van der Waals surface area (Å²) in [5, 5.41) is 10.2. The summed E-state index contributed by atoms with van der Waals surface area (Å²) in [7, 11) is 1.53. The van der Waals surface area contributed by atoms with E-state index in [2.05, 4.69) is 0 Å². The quantitative estimate of drug-likeness (QED) is 0.919. The minimum Gasteiger partial charge on any atom is -0.384 e. The molecule has 19 heavy (non-hydrogen) atoms. The van der Waals surface area contributed by atoms with Crippen LogP contribution in [-0.2, 0) is 11.3 Å². The minimum absolute atomic E-state index is 0.0800. The van der Waals surface area contributed by atoms with Crippen LogP contribution in [0.4, 0.5) is 8.78 Å². The van der Waals surface area contributed by atoms with Crippen LogP contribution in [0.2, 0.25) is 0 Å². The van der Waals surface area contributed by atoms with Gasteiger partial charge in [0, 0.05) is 12.7 Å². The Kier molecular flexibility index (Phi) is 4.24. The van der Waals surface area contributed by atoms with Crippen molar-refractivity contribution in [2.75, 3.05) is 7.11 Å². The second kappa shape index (κ2) is 5.91. The number of hydrogen-bond acceptors (Lipinski definition) is 2. The fourth-order valence-corrected chi connectivity index (χ4v) is 1.99. The van der Waals surface area contributed by atoms with Crippen molar-refractivity contribution in [3.8, 4) is 0 Å². The molecule has 0 radical (unpaired) electrons. The Morgan fingerprint density at radius 1 is 1.05 bits per heavy atom. The molecular formula is C15H14F2O2. The Balaban J connectivity index is 2.44. The molecule has 4 heteroatoms. The number of rotatable bonds is 4. The van der Waals surface area contributed by atoms with Gasteiger partial charge in [-0.3, -0.25) is 0 Å². The zero-order chi connectivity index (χ0) is 13.8. The van der Waals surface area contributed by atoms with E-state index < -0.39 is 17.7 Å². The largest absolute Gasteiger partial charge is 0.384 e. The molecule has 2 nitrogen and oxygen atoms in total. The van der Waals surface area contributed by atoms with Crippen LogP contribution in [0.3, 0.4) is 0 Å². The Labute approximate surface area is 110 Å². The van der Waals surface area contributed by atoms with Crippen molar-refractivity contribution in [3.63, 3.8) is 0 Å². The summed E-state index contributed by atoms with van der Waals surface area (Å²) in [6, 6.07) is 10.7. The van der Waals surface area contributed by atoms with Crippen LogP contribution in [0.1, 0.15) is 22.8 Å². The highest BCUT2D eigenvalue weighted by Crippen LogP contribution is 2.28. The van der Waals surface area contributed by atoms with Gasteiger partial charge in [-0.05, 0) is 17.2 Å². The van der Waals surface area contributed by atoms with Gasteiger partial charge < -0.3 is 9.84 Å². The van der Waals surface area contributed by atoms with E-state index in [9.17, 15) is 13.9 Å². The molecular weight excluding hydrogens is 250 g/mol. The summed E-state index contributed by atoms with van der Waals surface area (Å²) in [6.07, 6.45) is -1.22.